The first-order valence-corrected chi connectivity index (χ1v) is 18.9. The van der Waals surface area contributed by atoms with E-state index in [-0.39, 0.29) is 42.5 Å². The minimum Gasteiger partial charge on any atom is -0.392 e. The van der Waals surface area contributed by atoms with E-state index < -0.39 is 6.29 Å². The molecule has 9 nitrogen and oxygen atoms in total. The van der Waals surface area contributed by atoms with Gasteiger partial charge in [0.15, 0.2) is 6.29 Å². The first-order chi connectivity index (χ1) is 25.2. The fourth-order valence-electron chi connectivity index (χ4n) is 6.24. The summed E-state index contributed by atoms with van der Waals surface area (Å²) in [6, 6.07) is 32.0. The van der Waals surface area contributed by atoms with Crippen LogP contribution in [0.25, 0.3) is 11.1 Å². The normalized spacial score (nSPS) is 18.4. The van der Waals surface area contributed by atoms with E-state index in [1.54, 1.807) is 11.8 Å². The monoisotopic (exact) mass is 723 g/mol. The highest BCUT2D eigenvalue weighted by Crippen LogP contribution is 2.43. The number of unbranched alkanes of at least 4 members (excludes halogenated alkanes) is 2. The Labute approximate surface area is 310 Å². The van der Waals surface area contributed by atoms with Crippen molar-refractivity contribution in [2.24, 2.45) is 5.92 Å². The fraction of sp³-hybridized carbons (Fsp3) is 0.357. The highest BCUT2D eigenvalue weighted by Gasteiger charge is 2.38. The van der Waals surface area contributed by atoms with Gasteiger partial charge in [-0.25, -0.2) is 0 Å². The van der Waals surface area contributed by atoms with E-state index in [9.17, 15) is 19.5 Å². The molecule has 4 aromatic carbocycles. The van der Waals surface area contributed by atoms with E-state index >= 15 is 0 Å². The second kappa shape index (κ2) is 19.4. The summed E-state index contributed by atoms with van der Waals surface area (Å²) in [4.78, 5) is 36.1. The predicted octanol–water partition coefficient (Wildman–Crippen LogP) is 7.70. The Hall–Kier alpha value is -4.48. The van der Waals surface area contributed by atoms with Crippen LogP contribution in [0, 0.1) is 5.92 Å². The van der Waals surface area contributed by atoms with Crippen LogP contribution in [0.3, 0.4) is 0 Å². The highest BCUT2D eigenvalue weighted by atomic mass is 32.2. The number of hydrogen-bond acceptors (Lipinski definition) is 7. The molecule has 0 aromatic heterocycles. The molecule has 0 aliphatic carbocycles. The van der Waals surface area contributed by atoms with Crippen LogP contribution in [-0.2, 0) is 37.0 Å². The van der Waals surface area contributed by atoms with Crippen molar-refractivity contribution in [3.8, 4) is 11.1 Å². The molecule has 3 amide bonds. The number of ether oxygens (including phenoxy) is 2. The summed E-state index contributed by atoms with van der Waals surface area (Å²) in [6.45, 7) is 6.21. The zero-order valence-electron chi connectivity index (χ0n) is 30.1. The molecule has 274 valence electrons. The second-order valence-corrected chi connectivity index (χ2v) is 14.3. The van der Waals surface area contributed by atoms with E-state index in [4.69, 9.17) is 9.47 Å². The SMILES string of the molecule is CC(=O)NCCCCCC(=O)NCc1ccccc1-c1ccc([C@H]2O[C@@H](CSc3ccc(NC(C)=O)cc3)[C@@H](C)[C@@H](c3ccc(CO)cc3)O2)cc1. The number of rotatable bonds is 16. The van der Waals surface area contributed by atoms with E-state index in [1.807, 2.05) is 78.9 Å². The number of nitrogens with one attached hydrogen (secondary N) is 3. The lowest BCUT2D eigenvalue weighted by Gasteiger charge is -2.41. The summed E-state index contributed by atoms with van der Waals surface area (Å²) >= 11 is 1.70. The third kappa shape index (κ3) is 11.3. The van der Waals surface area contributed by atoms with E-state index in [1.165, 1.54) is 13.8 Å². The van der Waals surface area contributed by atoms with Crippen molar-refractivity contribution in [2.45, 2.75) is 83.0 Å². The summed E-state index contributed by atoms with van der Waals surface area (Å²) in [5.74, 6) is 0.637. The van der Waals surface area contributed by atoms with Gasteiger partial charge in [-0.2, -0.15) is 0 Å². The molecule has 1 saturated heterocycles. The lowest BCUT2D eigenvalue weighted by atomic mass is 9.91. The van der Waals surface area contributed by atoms with Gasteiger partial charge in [0, 0.05) is 61.2 Å². The molecule has 4 atom stereocenters. The molecule has 1 heterocycles. The fourth-order valence-corrected chi connectivity index (χ4v) is 7.30. The quantitative estimate of drug-likeness (QED) is 0.0690. The smallest absolute Gasteiger partial charge is 0.221 e. The van der Waals surface area contributed by atoms with E-state index in [2.05, 4.69) is 41.1 Å². The standard InChI is InChI=1S/C42H49N3O6S/c1-28-39(27-52-37-22-20-36(21-23-37)45-30(3)48)50-42(51-41(28)33-14-12-31(26-46)13-15-33)34-18-16-32(17-19-34)38-10-7-6-9-35(38)25-44-40(49)11-5-4-8-24-43-29(2)47/h6-7,9-10,12-23,28,39,41-42,46H,4-5,8,11,24-27H2,1-3H3,(H,43,47)(H,44,49)(H,45,48)/t28-,39+,41+,42+/m1/s1. The molecule has 1 aliphatic heterocycles. The first kappa shape index (κ1) is 38.7. The third-order valence-electron chi connectivity index (χ3n) is 9.15. The topological polar surface area (TPSA) is 126 Å². The Kier molecular flexibility index (Phi) is 14.4. The van der Waals surface area contributed by atoms with Crippen LogP contribution in [0.5, 0.6) is 0 Å². The van der Waals surface area contributed by atoms with Crippen LogP contribution in [0.2, 0.25) is 0 Å². The molecule has 52 heavy (non-hydrogen) atoms. The number of amides is 3. The van der Waals surface area contributed by atoms with Gasteiger partial charge in [0.2, 0.25) is 17.7 Å². The molecule has 4 aromatic rings. The molecule has 0 bridgehead atoms. The van der Waals surface area contributed by atoms with Gasteiger partial charge >= 0.3 is 0 Å². The van der Waals surface area contributed by atoms with Gasteiger partial charge in [0.05, 0.1) is 18.8 Å². The predicted molar refractivity (Wildman–Crippen MR) is 205 cm³/mol. The zero-order chi connectivity index (χ0) is 36.9. The van der Waals surface area contributed by atoms with Crippen molar-refractivity contribution in [1.29, 1.82) is 0 Å². The first-order valence-electron chi connectivity index (χ1n) is 17.9. The van der Waals surface area contributed by atoms with Crippen LogP contribution in [-0.4, -0.2) is 41.2 Å². The van der Waals surface area contributed by atoms with E-state index in [0.29, 0.717) is 25.3 Å². The van der Waals surface area contributed by atoms with Gasteiger partial charge in [-0.3, -0.25) is 14.4 Å². The van der Waals surface area contributed by atoms with Crippen LogP contribution in [0.1, 0.15) is 81.1 Å². The van der Waals surface area contributed by atoms with Gasteiger partial charge in [0.1, 0.15) is 0 Å². The van der Waals surface area contributed by atoms with Crippen molar-refractivity contribution < 1.29 is 29.0 Å². The molecule has 0 radical (unpaired) electrons. The highest BCUT2D eigenvalue weighted by molar-refractivity contribution is 7.99. The number of anilines is 1. The van der Waals surface area contributed by atoms with Crippen LogP contribution in [0.4, 0.5) is 5.69 Å². The molecule has 10 heteroatoms. The molecular formula is C42H49N3O6S. The number of hydrogen-bond donors (Lipinski definition) is 4. The Balaban J connectivity index is 1.26. The Morgan fingerprint density at radius 1 is 0.769 bits per heavy atom. The average molecular weight is 724 g/mol. The molecule has 1 fully saturated rings. The molecule has 5 rings (SSSR count). The second-order valence-electron chi connectivity index (χ2n) is 13.2. The van der Waals surface area contributed by atoms with Crippen molar-refractivity contribution >= 4 is 35.2 Å². The van der Waals surface area contributed by atoms with Gasteiger partial charge in [0.25, 0.3) is 0 Å². The number of carbonyl (C=O) groups is 3. The van der Waals surface area contributed by atoms with Crippen LogP contribution in [0.15, 0.2) is 102 Å². The zero-order valence-corrected chi connectivity index (χ0v) is 30.9. The van der Waals surface area contributed by atoms with Gasteiger partial charge in [-0.15, -0.1) is 11.8 Å². The lowest BCUT2D eigenvalue weighted by Crippen LogP contribution is -2.38. The average Bonchev–Trinajstić information content (AvgIpc) is 3.15. The van der Waals surface area contributed by atoms with Crippen molar-refractivity contribution in [2.75, 3.05) is 17.6 Å². The number of carbonyl (C=O) groups excluding carboxylic acids is 3. The Morgan fingerprint density at radius 3 is 2.17 bits per heavy atom. The maximum Gasteiger partial charge on any atom is 0.221 e. The molecule has 0 spiro atoms. The van der Waals surface area contributed by atoms with Crippen LogP contribution >= 0.6 is 11.8 Å². The third-order valence-corrected chi connectivity index (χ3v) is 10.3. The summed E-state index contributed by atoms with van der Waals surface area (Å²) < 4.78 is 13.3. The van der Waals surface area contributed by atoms with Gasteiger partial charge < -0.3 is 30.5 Å². The minimum absolute atomic E-state index is 0.0146. The summed E-state index contributed by atoms with van der Waals surface area (Å²) in [5.41, 5.74) is 6.66. The van der Waals surface area contributed by atoms with Crippen molar-refractivity contribution in [3.05, 3.63) is 119 Å². The maximum atomic E-state index is 12.6. The lowest BCUT2D eigenvalue weighted by molar-refractivity contribution is -0.268. The molecule has 1 aliphatic rings. The Morgan fingerprint density at radius 2 is 1.48 bits per heavy atom. The van der Waals surface area contributed by atoms with Gasteiger partial charge in [-0.05, 0) is 64.9 Å². The summed E-state index contributed by atoms with van der Waals surface area (Å²) in [7, 11) is 0. The summed E-state index contributed by atoms with van der Waals surface area (Å²) in [6.07, 6.45) is 2.04. The van der Waals surface area contributed by atoms with Crippen molar-refractivity contribution in [3.63, 3.8) is 0 Å². The number of benzene rings is 4. The molecule has 0 unspecified atom stereocenters. The molecular weight excluding hydrogens is 675 g/mol. The largest absolute Gasteiger partial charge is 0.392 e. The van der Waals surface area contributed by atoms with E-state index in [0.717, 1.165) is 63.2 Å². The Bertz CT molecular complexity index is 1760. The summed E-state index contributed by atoms with van der Waals surface area (Å²) in [5, 5.41) is 18.3. The minimum atomic E-state index is -0.590. The van der Waals surface area contributed by atoms with Gasteiger partial charge in [-0.1, -0.05) is 86.1 Å². The van der Waals surface area contributed by atoms with Crippen LogP contribution < -0.4 is 16.0 Å². The number of aliphatic hydroxyl groups is 1. The molecule has 0 saturated carbocycles. The molecule has 4 N–H and O–H groups in total. The number of thioether (sulfide) groups is 1. The number of aliphatic hydroxyl groups excluding tert-OH is 1. The maximum absolute atomic E-state index is 12.6. The van der Waals surface area contributed by atoms with Crippen molar-refractivity contribution in [1.82, 2.24) is 10.6 Å².